The quantitative estimate of drug-likeness (QED) is 0.0373. The Balaban J connectivity index is 3.72. The summed E-state index contributed by atoms with van der Waals surface area (Å²) in [5.41, 5.74) is 0. The van der Waals surface area contributed by atoms with E-state index >= 15 is 0 Å². The highest BCUT2D eigenvalue weighted by Gasteiger charge is 2.16. The third kappa shape index (κ3) is 66.5. The number of ether oxygens (including phenoxy) is 2. The SMILES string of the molecule is CC/C=C\C/C=C\C/C=C\C/C=C\C/C=C\C/C=C\C/C=C\C/C=C\C/C=C\C/C=C\CCCCCCC(=O)OC(CO)COC(=O)CCCCCCC/C=C\C/C=C\C/C=C\C/C=C\C/C=C\C/C=C\C/C=C\C/C=C\C/C=C\CC. The number of carbonyl (C=O) groups excluding carboxylic acids is 2. The second kappa shape index (κ2) is 69.2. The smallest absolute Gasteiger partial charge is 0.306 e. The molecule has 0 spiro atoms. The molecule has 82 heavy (non-hydrogen) atoms. The Labute approximate surface area is 503 Å². The second-order valence-corrected chi connectivity index (χ2v) is 20.0. The Morgan fingerprint density at radius 2 is 0.488 bits per heavy atom. The number of carbonyl (C=O) groups is 2. The summed E-state index contributed by atoms with van der Waals surface area (Å²) in [4.78, 5) is 24.6. The van der Waals surface area contributed by atoms with E-state index in [9.17, 15) is 14.7 Å². The molecule has 0 aliphatic carbocycles. The zero-order valence-corrected chi connectivity index (χ0v) is 51.6. The molecule has 0 saturated carbocycles. The topological polar surface area (TPSA) is 72.8 Å². The summed E-state index contributed by atoms with van der Waals surface area (Å²) in [6, 6.07) is 0. The lowest BCUT2D eigenvalue weighted by molar-refractivity contribution is -0.161. The predicted octanol–water partition coefficient (Wildman–Crippen LogP) is 22.5. The minimum Gasteiger partial charge on any atom is -0.462 e. The summed E-state index contributed by atoms with van der Waals surface area (Å²) < 4.78 is 10.7. The fraction of sp³-hybridized carbons (Fsp3) is 0.481. The van der Waals surface area contributed by atoms with Crippen LogP contribution in [0.5, 0.6) is 0 Å². The van der Waals surface area contributed by atoms with Crippen LogP contribution in [0.15, 0.2) is 231 Å². The van der Waals surface area contributed by atoms with E-state index in [2.05, 4.69) is 245 Å². The van der Waals surface area contributed by atoms with E-state index in [4.69, 9.17) is 9.47 Å². The molecular formula is C77H114O5. The molecule has 0 aromatic heterocycles. The van der Waals surface area contributed by atoms with Crippen LogP contribution in [0.1, 0.15) is 219 Å². The average Bonchev–Trinajstić information content (AvgIpc) is 3.49. The van der Waals surface area contributed by atoms with E-state index in [1.807, 2.05) is 0 Å². The van der Waals surface area contributed by atoms with Crippen LogP contribution < -0.4 is 0 Å². The number of allylic oxidation sites excluding steroid dienone is 38. The minimum atomic E-state index is -0.816. The molecule has 0 bridgehead atoms. The standard InChI is InChI=1S/C77H114O5/c1-3-5-7-9-11-13-15-17-19-21-23-25-27-29-31-33-35-37-38-40-42-44-46-48-50-52-54-56-58-60-62-64-66-68-70-72-77(80)82-75(73-78)74-81-76(79)71-69-67-65-63-61-59-57-55-53-51-49-47-45-43-41-39-36-34-32-30-28-26-24-22-20-18-16-14-12-10-8-6-4-2/h5-8,11-14,17-20,23-26,29-32,35-37,39-40,42-43,45-46,48-49,51-52,54-55,57-58,60,75,78H,3-4,9-10,15-16,21-22,27-28,33-34,38,41,44,47,50,53,56,59,61-74H2,1-2H3/b7-5-,8-6-,13-11-,14-12-,19-17-,20-18-,25-23-,26-24-,31-29-,32-30-,37-35-,39-36-,42-40-,45-43-,48-46-,51-49-,54-52-,57-55-,60-58-. The molecule has 0 aromatic carbocycles. The zero-order chi connectivity index (χ0) is 59.1. The van der Waals surface area contributed by atoms with Gasteiger partial charge in [0.25, 0.3) is 0 Å². The molecule has 0 heterocycles. The predicted molar refractivity (Wildman–Crippen MR) is 361 cm³/mol. The molecule has 1 atom stereocenters. The molecule has 1 unspecified atom stereocenters. The zero-order valence-electron chi connectivity index (χ0n) is 51.6. The third-order valence-electron chi connectivity index (χ3n) is 12.5. The molecule has 0 fully saturated rings. The summed E-state index contributed by atoms with van der Waals surface area (Å²) >= 11 is 0. The van der Waals surface area contributed by atoms with Crippen molar-refractivity contribution in [3.05, 3.63) is 231 Å². The van der Waals surface area contributed by atoms with Gasteiger partial charge in [-0.05, 0) is 161 Å². The van der Waals surface area contributed by atoms with Crippen LogP contribution in [-0.4, -0.2) is 36.4 Å². The van der Waals surface area contributed by atoms with E-state index in [-0.39, 0.29) is 25.2 Å². The van der Waals surface area contributed by atoms with Gasteiger partial charge >= 0.3 is 11.9 Å². The lowest BCUT2D eigenvalue weighted by Gasteiger charge is -2.15. The highest BCUT2D eigenvalue weighted by Crippen LogP contribution is 2.11. The van der Waals surface area contributed by atoms with Crippen molar-refractivity contribution in [2.75, 3.05) is 13.2 Å². The molecular weight excluding hydrogens is 1000 g/mol. The van der Waals surface area contributed by atoms with Crippen LogP contribution in [0.3, 0.4) is 0 Å². The summed E-state index contributed by atoms with van der Waals surface area (Å²) in [6.07, 6.45) is 115. The van der Waals surface area contributed by atoms with Crippen molar-refractivity contribution >= 4 is 11.9 Å². The van der Waals surface area contributed by atoms with Crippen molar-refractivity contribution in [2.24, 2.45) is 0 Å². The first-order valence-electron chi connectivity index (χ1n) is 31.9. The van der Waals surface area contributed by atoms with Gasteiger partial charge in [-0.25, -0.2) is 0 Å². The van der Waals surface area contributed by atoms with E-state index in [1.165, 1.54) is 0 Å². The van der Waals surface area contributed by atoms with Gasteiger partial charge in [-0.2, -0.15) is 0 Å². The summed E-state index contributed by atoms with van der Waals surface area (Å²) in [5.74, 6) is -0.663. The normalized spacial score (nSPS) is 13.8. The van der Waals surface area contributed by atoms with Crippen LogP contribution >= 0.6 is 0 Å². The molecule has 0 rings (SSSR count). The van der Waals surface area contributed by atoms with Crippen molar-refractivity contribution in [3.63, 3.8) is 0 Å². The lowest BCUT2D eigenvalue weighted by Crippen LogP contribution is -2.28. The van der Waals surface area contributed by atoms with Crippen LogP contribution in [0.25, 0.3) is 0 Å². The van der Waals surface area contributed by atoms with Gasteiger partial charge in [-0.3, -0.25) is 9.59 Å². The van der Waals surface area contributed by atoms with Crippen molar-refractivity contribution in [3.8, 4) is 0 Å². The highest BCUT2D eigenvalue weighted by molar-refractivity contribution is 5.70. The van der Waals surface area contributed by atoms with Gasteiger partial charge in [0.15, 0.2) is 6.10 Å². The first-order chi connectivity index (χ1) is 40.6. The number of hydrogen-bond donors (Lipinski definition) is 1. The van der Waals surface area contributed by atoms with Gasteiger partial charge in [0, 0.05) is 12.8 Å². The fourth-order valence-corrected chi connectivity index (χ4v) is 7.75. The average molecular weight is 1120 g/mol. The van der Waals surface area contributed by atoms with Crippen molar-refractivity contribution < 1.29 is 24.2 Å². The molecule has 0 aliphatic rings. The molecule has 0 aliphatic heterocycles. The monoisotopic (exact) mass is 1120 g/mol. The van der Waals surface area contributed by atoms with Gasteiger partial charge in [0.2, 0.25) is 0 Å². The third-order valence-corrected chi connectivity index (χ3v) is 12.5. The Morgan fingerprint density at radius 3 is 0.732 bits per heavy atom. The summed E-state index contributed by atoms with van der Waals surface area (Å²) in [6.45, 7) is 3.85. The van der Waals surface area contributed by atoms with Gasteiger partial charge in [0.05, 0.1) is 6.61 Å². The number of unbranched alkanes of at least 4 members (excludes halogenated alkanes) is 9. The van der Waals surface area contributed by atoms with E-state index in [0.29, 0.717) is 12.8 Å². The molecule has 1 N–H and O–H groups in total. The minimum absolute atomic E-state index is 0.104. The van der Waals surface area contributed by atoms with Crippen LogP contribution in [0.4, 0.5) is 0 Å². The number of aliphatic hydroxyl groups is 1. The number of rotatable bonds is 55. The highest BCUT2D eigenvalue weighted by atomic mass is 16.6. The molecule has 452 valence electrons. The maximum Gasteiger partial charge on any atom is 0.306 e. The van der Waals surface area contributed by atoms with Crippen LogP contribution in [0.2, 0.25) is 0 Å². The molecule has 0 amide bonds. The Kier molecular flexibility index (Phi) is 64.1. The number of aliphatic hydroxyl groups excluding tert-OH is 1. The van der Waals surface area contributed by atoms with Gasteiger partial charge in [0.1, 0.15) is 6.61 Å². The molecule has 5 heteroatoms. The number of hydrogen-bond acceptors (Lipinski definition) is 5. The molecule has 5 nitrogen and oxygen atoms in total. The fourth-order valence-electron chi connectivity index (χ4n) is 7.75. The molecule has 0 saturated heterocycles. The maximum atomic E-state index is 12.3. The lowest BCUT2D eigenvalue weighted by atomic mass is 10.1. The first kappa shape index (κ1) is 76.0. The summed E-state index contributed by atoms with van der Waals surface area (Å²) in [7, 11) is 0. The van der Waals surface area contributed by atoms with Gasteiger partial charge in [-0.1, -0.05) is 277 Å². The first-order valence-corrected chi connectivity index (χ1v) is 31.9. The van der Waals surface area contributed by atoms with Gasteiger partial charge in [-0.15, -0.1) is 0 Å². The largest absolute Gasteiger partial charge is 0.462 e. The van der Waals surface area contributed by atoms with Crippen molar-refractivity contribution in [2.45, 2.75) is 225 Å². The van der Waals surface area contributed by atoms with E-state index in [1.54, 1.807) is 0 Å². The van der Waals surface area contributed by atoms with Crippen LogP contribution in [0, 0.1) is 0 Å². The second-order valence-electron chi connectivity index (χ2n) is 20.0. The summed E-state index contributed by atoms with van der Waals surface area (Å²) in [5, 5.41) is 9.68. The Hall–Kier alpha value is -6.04. The maximum absolute atomic E-state index is 12.3. The van der Waals surface area contributed by atoms with Gasteiger partial charge < -0.3 is 14.6 Å². The van der Waals surface area contributed by atoms with Crippen molar-refractivity contribution in [1.29, 1.82) is 0 Å². The van der Waals surface area contributed by atoms with Crippen LogP contribution in [-0.2, 0) is 19.1 Å². The van der Waals surface area contributed by atoms with Crippen molar-refractivity contribution in [1.82, 2.24) is 0 Å². The Bertz CT molecular complexity index is 2040. The molecule has 0 radical (unpaired) electrons. The van der Waals surface area contributed by atoms with E-state index < -0.39 is 6.10 Å². The van der Waals surface area contributed by atoms with E-state index in [0.717, 1.165) is 193 Å². The molecule has 0 aromatic rings. The Morgan fingerprint density at radius 1 is 0.280 bits per heavy atom. The number of esters is 2.